The Hall–Kier alpha value is -1.84. The van der Waals surface area contributed by atoms with Gasteiger partial charge in [-0.05, 0) is 23.8 Å². The van der Waals surface area contributed by atoms with Gasteiger partial charge in [-0.1, -0.05) is 57.5 Å². The van der Waals surface area contributed by atoms with Crippen molar-refractivity contribution in [1.29, 1.82) is 0 Å². The summed E-state index contributed by atoms with van der Waals surface area (Å²) in [5, 5.41) is 0. The highest BCUT2D eigenvalue weighted by atomic mass is 16.5. The smallest absolute Gasteiger partial charge is 0.188 e. The first-order chi connectivity index (χ1) is 12.0. The molecular weight excluding hydrogens is 312 g/mol. The minimum absolute atomic E-state index is 0.131. The van der Waals surface area contributed by atoms with E-state index in [0.717, 1.165) is 24.6 Å². The molecule has 4 rings (SSSR count). The number of hydrogen-bond donors (Lipinski definition) is 0. The maximum Gasteiger partial charge on any atom is 0.188 e. The minimum atomic E-state index is 0.131. The van der Waals surface area contributed by atoms with E-state index in [2.05, 4.69) is 45.0 Å². The molecule has 0 amide bonds. The third-order valence-electron chi connectivity index (χ3n) is 5.68. The molecule has 0 N–H and O–H groups in total. The standard InChI is InChI=1S/C21H28N2O2/c1-21(2,3)18-13-25-20(23-18)16-11-7-10-15(16)19-22-17(12-24-19)14-8-5-4-6-9-14/h4-6,8-9,15-18H,7,10-13H2,1-3H3/t15-,16-,17+,18-/m1/s1. The summed E-state index contributed by atoms with van der Waals surface area (Å²) in [6.07, 6.45) is 3.43. The van der Waals surface area contributed by atoms with E-state index in [1.54, 1.807) is 0 Å². The van der Waals surface area contributed by atoms with Crippen molar-refractivity contribution in [1.82, 2.24) is 0 Å². The van der Waals surface area contributed by atoms with Gasteiger partial charge in [0.15, 0.2) is 11.8 Å². The molecular formula is C21H28N2O2. The Bertz CT molecular complexity index is 675. The first-order valence-electron chi connectivity index (χ1n) is 9.48. The maximum atomic E-state index is 6.03. The molecule has 4 heteroatoms. The molecule has 1 aromatic carbocycles. The van der Waals surface area contributed by atoms with Crippen molar-refractivity contribution in [2.45, 2.75) is 52.1 Å². The Morgan fingerprint density at radius 2 is 1.52 bits per heavy atom. The monoisotopic (exact) mass is 340 g/mol. The number of rotatable bonds is 3. The summed E-state index contributed by atoms with van der Waals surface area (Å²) in [6, 6.07) is 10.8. The molecule has 2 heterocycles. The molecule has 1 aliphatic carbocycles. The first-order valence-corrected chi connectivity index (χ1v) is 9.48. The van der Waals surface area contributed by atoms with Gasteiger partial charge in [-0.25, -0.2) is 9.98 Å². The summed E-state index contributed by atoms with van der Waals surface area (Å²) in [4.78, 5) is 9.84. The summed E-state index contributed by atoms with van der Waals surface area (Å²) < 4.78 is 12.0. The van der Waals surface area contributed by atoms with Crippen molar-refractivity contribution in [3.8, 4) is 0 Å². The molecule has 1 saturated carbocycles. The van der Waals surface area contributed by atoms with Gasteiger partial charge in [-0.15, -0.1) is 0 Å². The summed E-state index contributed by atoms with van der Waals surface area (Å²) in [7, 11) is 0. The fraction of sp³-hybridized carbons (Fsp3) is 0.619. The zero-order valence-electron chi connectivity index (χ0n) is 15.4. The Kier molecular flexibility index (Phi) is 4.30. The molecule has 3 aliphatic rings. The predicted molar refractivity (Wildman–Crippen MR) is 100 cm³/mol. The van der Waals surface area contributed by atoms with Crippen LogP contribution in [0.15, 0.2) is 40.3 Å². The summed E-state index contributed by atoms with van der Waals surface area (Å²) >= 11 is 0. The van der Waals surface area contributed by atoms with Crippen LogP contribution in [0.1, 0.15) is 51.6 Å². The van der Waals surface area contributed by atoms with Crippen LogP contribution in [0.5, 0.6) is 0 Å². The van der Waals surface area contributed by atoms with E-state index in [9.17, 15) is 0 Å². The van der Waals surface area contributed by atoms with Gasteiger partial charge in [0.2, 0.25) is 0 Å². The highest BCUT2D eigenvalue weighted by molar-refractivity contribution is 5.89. The van der Waals surface area contributed by atoms with Crippen molar-refractivity contribution < 1.29 is 9.47 Å². The van der Waals surface area contributed by atoms with Gasteiger partial charge in [0.05, 0.1) is 6.04 Å². The lowest BCUT2D eigenvalue weighted by Crippen LogP contribution is -2.26. The fourth-order valence-corrected chi connectivity index (χ4v) is 4.03. The van der Waals surface area contributed by atoms with Crippen LogP contribution < -0.4 is 0 Å². The molecule has 0 saturated heterocycles. The summed E-state index contributed by atoms with van der Waals surface area (Å²) in [5.41, 5.74) is 1.38. The molecule has 25 heavy (non-hydrogen) atoms. The molecule has 0 spiro atoms. The van der Waals surface area contributed by atoms with Gasteiger partial charge in [0, 0.05) is 11.8 Å². The average Bonchev–Trinajstić information content (AvgIpc) is 3.33. The van der Waals surface area contributed by atoms with E-state index in [1.165, 1.54) is 12.0 Å². The number of nitrogens with zero attached hydrogens (tertiary/aromatic N) is 2. The maximum absolute atomic E-state index is 6.03. The number of hydrogen-bond acceptors (Lipinski definition) is 4. The molecule has 1 fully saturated rings. The summed E-state index contributed by atoms with van der Waals surface area (Å²) in [6.45, 7) is 8.05. The van der Waals surface area contributed by atoms with Gasteiger partial charge in [0.1, 0.15) is 19.3 Å². The molecule has 0 aromatic heterocycles. The molecule has 0 radical (unpaired) electrons. The van der Waals surface area contributed by atoms with Crippen LogP contribution in [0.25, 0.3) is 0 Å². The molecule has 0 unspecified atom stereocenters. The lowest BCUT2D eigenvalue weighted by atomic mass is 9.88. The second-order valence-corrected chi connectivity index (χ2v) is 8.51. The third-order valence-corrected chi connectivity index (χ3v) is 5.68. The number of benzene rings is 1. The van der Waals surface area contributed by atoms with Gasteiger partial charge in [0.25, 0.3) is 0 Å². The summed E-state index contributed by atoms with van der Waals surface area (Å²) in [5.74, 6) is 2.52. The van der Waals surface area contributed by atoms with E-state index in [0.29, 0.717) is 25.0 Å². The number of aliphatic imine (C=N–C) groups is 2. The Labute approximate surface area is 150 Å². The van der Waals surface area contributed by atoms with Gasteiger partial charge < -0.3 is 9.47 Å². The third kappa shape index (κ3) is 3.31. The van der Waals surface area contributed by atoms with Crippen LogP contribution in [-0.2, 0) is 9.47 Å². The van der Waals surface area contributed by atoms with E-state index in [1.807, 2.05) is 6.07 Å². The Morgan fingerprint density at radius 3 is 2.16 bits per heavy atom. The largest absolute Gasteiger partial charge is 0.478 e. The lowest BCUT2D eigenvalue weighted by Gasteiger charge is -2.22. The average molecular weight is 340 g/mol. The van der Waals surface area contributed by atoms with Crippen LogP contribution >= 0.6 is 0 Å². The minimum Gasteiger partial charge on any atom is -0.478 e. The van der Waals surface area contributed by atoms with Crippen LogP contribution in [-0.4, -0.2) is 31.1 Å². The van der Waals surface area contributed by atoms with Gasteiger partial charge in [-0.3, -0.25) is 0 Å². The highest BCUT2D eigenvalue weighted by Crippen LogP contribution is 2.40. The van der Waals surface area contributed by atoms with E-state index in [4.69, 9.17) is 19.5 Å². The molecule has 1 aromatic rings. The predicted octanol–water partition coefficient (Wildman–Crippen LogP) is 4.42. The highest BCUT2D eigenvalue weighted by Gasteiger charge is 2.42. The topological polar surface area (TPSA) is 43.2 Å². The zero-order valence-corrected chi connectivity index (χ0v) is 15.4. The second kappa shape index (κ2) is 6.47. The van der Waals surface area contributed by atoms with Crippen LogP contribution in [0.2, 0.25) is 0 Å². The fourth-order valence-electron chi connectivity index (χ4n) is 4.03. The van der Waals surface area contributed by atoms with E-state index < -0.39 is 0 Å². The Balaban J connectivity index is 1.51. The van der Waals surface area contributed by atoms with Crippen molar-refractivity contribution in [3.05, 3.63) is 35.9 Å². The molecule has 2 aliphatic heterocycles. The van der Waals surface area contributed by atoms with Crippen LogP contribution in [0.3, 0.4) is 0 Å². The Morgan fingerprint density at radius 1 is 0.880 bits per heavy atom. The first kappa shape index (κ1) is 16.6. The van der Waals surface area contributed by atoms with Crippen LogP contribution in [0, 0.1) is 17.3 Å². The van der Waals surface area contributed by atoms with Crippen molar-refractivity contribution in [3.63, 3.8) is 0 Å². The van der Waals surface area contributed by atoms with Crippen molar-refractivity contribution in [2.24, 2.45) is 27.2 Å². The van der Waals surface area contributed by atoms with Gasteiger partial charge in [-0.2, -0.15) is 0 Å². The van der Waals surface area contributed by atoms with Crippen molar-refractivity contribution >= 4 is 11.8 Å². The normalized spacial score (nSPS) is 32.1. The molecule has 4 nitrogen and oxygen atoms in total. The van der Waals surface area contributed by atoms with Crippen LogP contribution in [0.4, 0.5) is 0 Å². The van der Waals surface area contributed by atoms with E-state index in [-0.39, 0.29) is 17.5 Å². The molecule has 0 bridgehead atoms. The zero-order chi connectivity index (χ0) is 17.4. The lowest BCUT2D eigenvalue weighted by molar-refractivity contribution is 0.225. The molecule has 134 valence electrons. The SMILES string of the molecule is CC(C)(C)[C@H]1COC([C@@H]2CCC[C@H]2C2=N[C@H](c3ccccc3)CO2)=N1. The molecule has 4 atom stereocenters. The van der Waals surface area contributed by atoms with Gasteiger partial charge >= 0.3 is 0 Å². The van der Waals surface area contributed by atoms with E-state index >= 15 is 0 Å². The quantitative estimate of drug-likeness (QED) is 0.817. The number of ether oxygens (including phenoxy) is 2. The van der Waals surface area contributed by atoms with Crippen molar-refractivity contribution in [2.75, 3.05) is 13.2 Å². The second-order valence-electron chi connectivity index (χ2n) is 8.51.